The summed E-state index contributed by atoms with van der Waals surface area (Å²) >= 11 is 0. The highest BCUT2D eigenvalue weighted by Crippen LogP contribution is 2.17. The molecule has 6 heteroatoms. The van der Waals surface area contributed by atoms with E-state index in [-0.39, 0.29) is 0 Å². The fourth-order valence-electron chi connectivity index (χ4n) is 2.88. The number of benzene rings is 2. The molecule has 0 amide bonds. The fourth-order valence-corrected chi connectivity index (χ4v) is 2.88. The summed E-state index contributed by atoms with van der Waals surface area (Å²) in [7, 11) is 1.77. The van der Waals surface area contributed by atoms with Gasteiger partial charge in [-0.3, -0.25) is 4.99 Å². The van der Waals surface area contributed by atoms with Crippen molar-refractivity contribution < 1.29 is 4.74 Å². The molecule has 0 aliphatic heterocycles. The minimum absolute atomic E-state index is 0.487. The zero-order chi connectivity index (χ0) is 20.3. The number of hydrogen-bond acceptors (Lipinski definition) is 3. The summed E-state index contributed by atoms with van der Waals surface area (Å²) in [6, 6.07) is 18.1. The van der Waals surface area contributed by atoms with E-state index in [4.69, 9.17) is 4.74 Å². The average molecular weight is 390 g/mol. The fraction of sp³-hybridized carbons (Fsp3) is 0.217. The Morgan fingerprint density at radius 1 is 1.14 bits per heavy atom. The van der Waals surface area contributed by atoms with E-state index in [1.54, 1.807) is 13.1 Å². The van der Waals surface area contributed by atoms with Gasteiger partial charge >= 0.3 is 0 Å². The van der Waals surface area contributed by atoms with Crippen LogP contribution < -0.4 is 15.4 Å². The van der Waals surface area contributed by atoms with Gasteiger partial charge in [0.05, 0.1) is 11.9 Å². The minimum Gasteiger partial charge on any atom is -0.489 e. The van der Waals surface area contributed by atoms with Crippen LogP contribution in [0, 0.1) is 0 Å². The number of hydrogen-bond donors (Lipinski definition) is 2. The average Bonchev–Trinajstić information content (AvgIpc) is 3.25. The van der Waals surface area contributed by atoms with Crippen molar-refractivity contribution in [3.63, 3.8) is 0 Å². The highest BCUT2D eigenvalue weighted by Gasteiger charge is 2.05. The molecule has 0 spiro atoms. The molecule has 3 aromatic rings. The number of rotatable bonds is 9. The molecular formula is C23H27N5O. The number of guanidine groups is 1. The quantitative estimate of drug-likeness (QED) is 0.335. The van der Waals surface area contributed by atoms with Crippen LogP contribution in [-0.2, 0) is 13.0 Å². The van der Waals surface area contributed by atoms with Crippen molar-refractivity contribution in [1.82, 2.24) is 20.4 Å². The molecule has 0 aliphatic carbocycles. The van der Waals surface area contributed by atoms with Crippen LogP contribution in [0.1, 0.15) is 11.1 Å². The summed E-state index contributed by atoms with van der Waals surface area (Å²) in [4.78, 5) is 4.30. The number of para-hydroxylation sites is 2. The summed E-state index contributed by atoms with van der Waals surface area (Å²) in [6.45, 7) is 5.56. The van der Waals surface area contributed by atoms with Gasteiger partial charge in [-0.1, -0.05) is 49.1 Å². The highest BCUT2D eigenvalue weighted by atomic mass is 16.5. The van der Waals surface area contributed by atoms with E-state index in [1.807, 2.05) is 65.5 Å². The first-order valence-electron chi connectivity index (χ1n) is 9.65. The molecule has 6 nitrogen and oxygen atoms in total. The number of ether oxygens (including phenoxy) is 1. The monoisotopic (exact) mass is 389 g/mol. The van der Waals surface area contributed by atoms with Crippen LogP contribution in [0.3, 0.4) is 0 Å². The third-order valence-electron chi connectivity index (χ3n) is 4.36. The lowest BCUT2D eigenvalue weighted by atomic mass is 10.2. The van der Waals surface area contributed by atoms with Crippen molar-refractivity contribution in [3.05, 3.63) is 90.8 Å². The van der Waals surface area contributed by atoms with Crippen molar-refractivity contribution in [3.8, 4) is 11.4 Å². The third-order valence-corrected chi connectivity index (χ3v) is 4.36. The van der Waals surface area contributed by atoms with E-state index in [9.17, 15) is 0 Å². The van der Waals surface area contributed by atoms with Crippen LogP contribution in [0.4, 0.5) is 0 Å². The van der Waals surface area contributed by atoms with E-state index >= 15 is 0 Å². The van der Waals surface area contributed by atoms with E-state index in [0.717, 1.165) is 35.9 Å². The van der Waals surface area contributed by atoms with E-state index in [2.05, 4.69) is 33.5 Å². The predicted molar refractivity (Wildman–Crippen MR) is 118 cm³/mol. The van der Waals surface area contributed by atoms with E-state index in [1.165, 1.54) is 5.56 Å². The van der Waals surface area contributed by atoms with E-state index < -0.39 is 0 Å². The largest absolute Gasteiger partial charge is 0.489 e. The maximum atomic E-state index is 5.70. The molecule has 2 aromatic carbocycles. The minimum atomic E-state index is 0.487. The maximum Gasteiger partial charge on any atom is 0.191 e. The molecule has 1 aromatic heterocycles. The van der Waals surface area contributed by atoms with Gasteiger partial charge in [0.25, 0.3) is 0 Å². The van der Waals surface area contributed by atoms with Crippen LogP contribution >= 0.6 is 0 Å². The topological polar surface area (TPSA) is 63.5 Å². The van der Waals surface area contributed by atoms with Gasteiger partial charge in [-0.25, -0.2) is 4.68 Å². The summed E-state index contributed by atoms with van der Waals surface area (Å²) in [5.41, 5.74) is 3.29. The third kappa shape index (κ3) is 5.97. The molecule has 0 atom stereocenters. The van der Waals surface area contributed by atoms with Crippen LogP contribution in [0.25, 0.3) is 5.69 Å². The Hall–Kier alpha value is -3.54. The second-order valence-electron chi connectivity index (χ2n) is 6.44. The second kappa shape index (κ2) is 10.7. The highest BCUT2D eigenvalue weighted by molar-refractivity contribution is 5.79. The Kier molecular flexibility index (Phi) is 7.46. The molecule has 0 fully saturated rings. The van der Waals surface area contributed by atoms with Gasteiger partial charge in [-0.15, -0.1) is 0 Å². The number of aliphatic imine (C=N–C) groups is 1. The predicted octanol–water partition coefficient (Wildman–Crippen LogP) is 3.34. The molecular weight excluding hydrogens is 362 g/mol. The zero-order valence-electron chi connectivity index (χ0n) is 16.7. The Balaban J connectivity index is 1.48. The van der Waals surface area contributed by atoms with E-state index in [0.29, 0.717) is 13.2 Å². The Morgan fingerprint density at radius 3 is 2.72 bits per heavy atom. The molecule has 1 heterocycles. The van der Waals surface area contributed by atoms with Crippen molar-refractivity contribution in [2.45, 2.75) is 13.0 Å². The second-order valence-corrected chi connectivity index (χ2v) is 6.44. The molecule has 3 rings (SSSR count). The lowest BCUT2D eigenvalue weighted by Crippen LogP contribution is -2.37. The molecule has 0 saturated heterocycles. The van der Waals surface area contributed by atoms with Gasteiger partial charge < -0.3 is 15.4 Å². The van der Waals surface area contributed by atoms with Crippen molar-refractivity contribution in [2.24, 2.45) is 4.99 Å². The lowest BCUT2D eigenvalue weighted by Gasteiger charge is -2.14. The van der Waals surface area contributed by atoms with Gasteiger partial charge in [0, 0.05) is 31.9 Å². The van der Waals surface area contributed by atoms with Gasteiger partial charge in [0.2, 0.25) is 0 Å². The first kappa shape index (κ1) is 20.2. The number of aromatic nitrogens is 2. The summed E-state index contributed by atoms with van der Waals surface area (Å²) in [5, 5.41) is 11.1. The lowest BCUT2D eigenvalue weighted by molar-refractivity contribution is 0.358. The smallest absolute Gasteiger partial charge is 0.191 e. The zero-order valence-corrected chi connectivity index (χ0v) is 16.7. The van der Waals surface area contributed by atoms with Gasteiger partial charge in [-0.2, -0.15) is 5.10 Å². The van der Waals surface area contributed by atoms with Crippen LogP contribution in [0.2, 0.25) is 0 Å². The van der Waals surface area contributed by atoms with Crippen molar-refractivity contribution >= 4 is 5.96 Å². The maximum absolute atomic E-state index is 5.70. The first-order chi connectivity index (χ1) is 14.3. The SMILES string of the molecule is C=CCOc1ccccc1CNC(=NC)NCCc1cnn(-c2ccccc2)c1. The molecule has 0 bridgehead atoms. The van der Waals surface area contributed by atoms with Gasteiger partial charge in [0.1, 0.15) is 12.4 Å². The molecule has 0 unspecified atom stereocenters. The molecule has 0 saturated carbocycles. The van der Waals surface area contributed by atoms with Crippen LogP contribution in [0.5, 0.6) is 5.75 Å². The Labute approximate surface area is 171 Å². The van der Waals surface area contributed by atoms with Crippen LogP contribution in [0.15, 0.2) is 84.6 Å². The standard InChI is InChI=1S/C23H27N5O/c1-3-15-29-22-12-8-7-9-20(22)17-26-23(24-2)25-14-13-19-16-27-28(18-19)21-10-5-4-6-11-21/h3-12,16,18H,1,13-15,17H2,2H3,(H2,24,25,26). The number of nitrogens with zero attached hydrogens (tertiary/aromatic N) is 3. The molecule has 0 radical (unpaired) electrons. The summed E-state index contributed by atoms with van der Waals surface area (Å²) in [6.07, 6.45) is 6.55. The summed E-state index contributed by atoms with van der Waals surface area (Å²) in [5.74, 6) is 1.60. The van der Waals surface area contributed by atoms with Crippen molar-refractivity contribution in [2.75, 3.05) is 20.2 Å². The van der Waals surface area contributed by atoms with Crippen molar-refractivity contribution in [1.29, 1.82) is 0 Å². The normalized spacial score (nSPS) is 11.1. The number of nitrogens with one attached hydrogen (secondary N) is 2. The van der Waals surface area contributed by atoms with Crippen LogP contribution in [-0.4, -0.2) is 35.9 Å². The Morgan fingerprint density at radius 2 is 1.93 bits per heavy atom. The molecule has 150 valence electrons. The van der Waals surface area contributed by atoms with Gasteiger partial charge in [-0.05, 0) is 30.2 Å². The van der Waals surface area contributed by atoms with Gasteiger partial charge in [0.15, 0.2) is 5.96 Å². The molecule has 0 aliphatic rings. The summed E-state index contributed by atoms with van der Waals surface area (Å²) < 4.78 is 7.59. The Bertz CT molecular complexity index is 933. The molecule has 2 N–H and O–H groups in total. The molecule has 29 heavy (non-hydrogen) atoms. The first-order valence-corrected chi connectivity index (χ1v) is 9.65.